The van der Waals surface area contributed by atoms with Crippen molar-refractivity contribution < 1.29 is 13.2 Å². The summed E-state index contributed by atoms with van der Waals surface area (Å²) in [5.74, 6) is 0.232. The lowest BCUT2D eigenvalue weighted by molar-refractivity contribution is -0.107. The molecule has 0 aliphatic heterocycles. The molecule has 0 aromatic rings. The normalized spacial score (nSPS) is 13.5. The molecule has 0 spiro atoms. The number of sulfone groups is 1. The third-order valence-electron chi connectivity index (χ3n) is 2.85. The molecule has 1 atom stereocenters. The van der Waals surface area contributed by atoms with Gasteiger partial charge in [0.1, 0.15) is 6.29 Å². The van der Waals surface area contributed by atoms with Crippen molar-refractivity contribution in [2.75, 3.05) is 11.6 Å². The first kappa shape index (κ1) is 16.9. The number of alkyl halides is 1. The minimum absolute atomic E-state index is 0.0661. The van der Waals surface area contributed by atoms with E-state index in [-0.39, 0.29) is 16.9 Å². The van der Waals surface area contributed by atoms with Gasteiger partial charge in [0.05, 0.1) is 11.0 Å². The highest BCUT2D eigenvalue weighted by atomic mass is 35.5. The van der Waals surface area contributed by atoms with Crippen LogP contribution in [0.4, 0.5) is 0 Å². The molecule has 0 aromatic heterocycles. The fourth-order valence-corrected chi connectivity index (χ4v) is 4.05. The molecule has 0 aliphatic carbocycles. The SMILES string of the molecule is CCCCC(CCCCC=O)S(=O)(=O)CCCl. The van der Waals surface area contributed by atoms with Crippen LogP contribution in [-0.2, 0) is 14.6 Å². The Balaban J connectivity index is 4.26. The average Bonchev–Trinajstić information content (AvgIpc) is 2.27. The molecule has 0 fully saturated rings. The van der Waals surface area contributed by atoms with Gasteiger partial charge in [-0.25, -0.2) is 8.42 Å². The molecule has 0 radical (unpaired) electrons. The minimum atomic E-state index is -3.05. The summed E-state index contributed by atoms with van der Waals surface area (Å²) in [5, 5.41) is -0.271. The summed E-state index contributed by atoms with van der Waals surface area (Å²) in [6.45, 7) is 2.05. The van der Waals surface area contributed by atoms with Crippen LogP contribution in [0.25, 0.3) is 0 Å². The first-order valence-electron chi connectivity index (χ1n) is 6.29. The molecule has 0 saturated carbocycles. The van der Waals surface area contributed by atoms with E-state index in [2.05, 4.69) is 6.92 Å². The van der Waals surface area contributed by atoms with Gasteiger partial charge in [-0.2, -0.15) is 0 Å². The van der Waals surface area contributed by atoms with Gasteiger partial charge in [-0.1, -0.05) is 26.2 Å². The van der Waals surface area contributed by atoms with E-state index < -0.39 is 9.84 Å². The van der Waals surface area contributed by atoms with Gasteiger partial charge in [0.15, 0.2) is 9.84 Å². The Labute approximate surface area is 110 Å². The molecule has 0 N–H and O–H groups in total. The van der Waals surface area contributed by atoms with Gasteiger partial charge in [-0.05, 0) is 19.3 Å². The predicted octanol–water partition coefficient (Wildman–Crippen LogP) is 2.96. The highest BCUT2D eigenvalue weighted by Crippen LogP contribution is 2.18. The Hall–Kier alpha value is -0.0900. The lowest BCUT2D eigenvalue weighted by Gasteiger charge is -2.16. The molecule has 0 bridgehead atoms. The Morgan fingerprint density at radius 3 is 2.35 bits per heavy atom. The Kier molecular flexibility index (Phi) is 9.84. The summed E-state index contributed by atoms with van der Waals surface area (Å²) >= 11 is 5.52. The Morgan fingerprint density at radius 1 is 1.18 bits per heavy atom. The molecule has 5 heteroatoms. The highest BCUT2D eigenvalue weighted by Gasteiger charge is 2.23. The summed E-state index contributed by atoms with van der Waals surface area (Å²) in [6.07, 6.45) is 6.30. The van der Waals surface area contributed by atoms with Gasteiger partial charge in [0.2, 0.25) is 0 Å². The van der Waals surface area contributed by atoms with Crippen molar-refractivity contribution in [3.05, 3.63) is 0 Å². The number of aldehydes is 1. The monoisotopic (exact) mass is 282 g/mol. The van der Waals surface area contributed by atoms with Crippen molar-refractivity contribution in [1.29, 1.82) is 0 Å². The molecular formula is C12H23ClO3S. The lowest BCUT2D eigenvalue weighted by Crippen LogP contribution is -2.25. The van der Waals surface area contributed by atoms with Crippen LogP contribution in [0, 0.1) is 0 Å². The maximum Gasteiger partial charge on any atom is 0.154 e. The van der Waals surface area contributed by atoms with E-state index in [1.54, 1.807) is 0 Å². The van der Waals surface area contributed by atoms with E-state index in [1.165, 1.54) is 0 Å². The molecule has 102 valence electrons. The molecule has 0 aliphatic rings. The molecule has 0 amide bonds. The summed E-state index contributed by atoms with van der Waals surface area (Å²) in [6, 6.07) is 0. The van der Waals surface area contributed by atoms with E-state index in [1.807, 2.05) is 0 Å². The molecular weight excluding hydrogens is 260 g/mol. The van der Waals surface area contributed by atoms with E-state index in [0.29, 0.717) is 12.8 Å². The molecule has 0 rings (SSSR count). The van der Waals surface area contributed by atoms with Crippen LogP contribution < -0.4 is 0 Å². The largest absolute Gasteiger partial charge is 0.303 e. The topological polar surface area (TPSA) is 51.2 Å². The fraction of sp³-hybridized carbons (Fsp3) is 0.917. The number of halogens is 1. The summed E-state index contributed by atoms with van der Waals surface area (Å²) in [4.78, 5) is 10.2. The third kappa shape index (κ3) is 7.77. The number of carbonyl (C=O) groups excluding carboxylic acids is 1. The van der Waals surface area contributed by atoms with Gasteiger partial charge >= 0.3 is 0 Å². The van der Waals surface area contributed by atoms with Crippen LogP contribution in [-0.4, -0.2) is 31.6 Å². The van der Waals surface area contributed by atoms with Crippen molar-refractivity contribution in [3.63, 3.8) is 0 Å². The van der Waals surface area contributed by atoms with Crippen LogP contribution in [0.3, 0.4) is 0 Å². The lowest BCUT2D eigenvalue weighted by atomic mass is 10.1. The predicted molar refractivity (Wildman–Crippen MR) is 72.4 cm³/mol. The molecule has 0 heterocycles. The molecule has 0 saturated heterocycles. The molecule has 1 unspecified atom stereocenters. The molecule has 17 heavy (non-hydrogen) atoms. The quantitative estimate of drug-likeness (QED) is 0.333. The number of rotatable bonds is 11. The smallest absolute Gasteiger partial charge is 0.154 e. The van der Waals surface area contributed by atoms with Crippen LogP contribution in [0.15, 0.2) is 0 Å². The van der Waals surface area contributed by atoms with Crippen molar-refractivity contribution in [2.45, 2.75) is 57.1 Å². The Morgan fingerprint density at radius 2 is 1.82 bits per heavy atom. The van der Waals surface area contributed by atoms with Crippen LogP contribution in [0.1, 0.15) is 51.9 Å². The second kappa shape index (κ2) is 9.89. The van der Waals surface area contributed by atoms with Crippen molar-refractivity contribution >= 4 is 27.7 Å². The van der Waals surface area contributed by atoms with Gasteiger partial charge in [0.25, 0.3) is 0 Å². The standard InChI is InChI=1S/C12H23ClO3S/c1-2-3-7-12(8-5-4-6-10-14)17(15,16)11-9-13/h10,12H,2-9,11H2,1H3. The van der Waals surface area contributed by atoms with Crippen molar-refractivity contribution in [2.24, 2.45) is 0 Å². The van der Waals surface area contributed by atoms with Gasteiger partial charge in [0, 0.05) is 12.3 Å². The van der Waals surface area contributed by atoms with E-state index in [4.69, 9.17) is 11.6 Å². The summed E-state index contributed by atoms with van der Waals surface area (Å²) in [7, 11) is -3.05. The third-order valence-corrected chi connectivity index (χ3v) is 5.52. The van der Waals surface area contributed by atoms with E-state index >= 15 is 0 Å². The second-order valence-corrected chi connectivity index (χ2v) is 7.05. The Bertz CT molecular complexity index is 288. The van der Waals surface area contributed by atoms with Crippen LogP contribution in [0.2, 0.25) is 0 Å². The maximum atomic E-state index is 11.9. The number of carbonyl (C=O) groups is 1. The number of hydrogen-bond acceptors (Lipinski definition) is 3. The zero-order chi connectivity index (χ0) is 13.1. The van der Waals surface area contributed by atoms with E-state index in [0.717, 1.165) is 38.4 Å². The summed E-state index contributed by atoms with van der Waals surface area (Å²) in [5.41, 5.74) is 0. The zero-order valence-electron chi connectivity index (χ0n) is 10.5. The number of hydrogen-bond donors (Lipinski definition) is 0. The van der Waals surface area contributed by atoms with Gasteiger partial charge in [-0.3, -0.25) is 0 Å². The van der Waals surface area contributed by atoms with E-state index in [9.17, 15) is 13.2 Å². The zero-order valence-corrected chi connectivity index (χ0v) is 12.1. The van der Waals surface area contributed by atoms with Gasteiger partial charge in [-0.15, -0.1) is 11.6 Å². The molecule has 0 aromatic carbocycles. The molecule has 3 nitrogen and oxygen atoms in total. The second-order valence-electron chi connectivity index (χ2n) is 4.27. The fourth-order valence-electron chi connectivity index (χ4n) is 1.81. The van der Waals surface area contributed by atoms with Crippen molar-refractivity contribution in [1.82, 2.24) is 0 Å². The van der Waals surface area contributed by atoms with Gasteiger partial charge < -0.3 is 4.79 Å². The first-order chi connectivity index (χ1) is 8.08. The highest BCUT2D eigenvalue weighted by molar-refractivity contribution is 7.92. The average molecular weight is 283 g/mol. The number of unbranched alkanes of at least 4 members (excludes halogenated alkanes) is 3. The first-order valence-corrected chi connectivity index (χ1v) is 8.54. The maximum absolute atomic E-state index is 11.9. The summed E-state index contributed by atoms with van der Waals surface area (Å²) < 4.78 is 23.9. The van der Waals surface area contributed by atoms with Crippen molar-refractivity contribution in [3.8, 4) is 0 Å². The van der Waals surface area contributed by atoms with Crippen LogP contribution >= 0.6 is 11.6 Å². The van der Waals surface area contributed by atoms with Crippen LogP contribution in [0.5, 0.6) is 0 Å². The minimum Gasteiger partial charge on any atom is -0.303 e.